The molecule has 0 radical (unpaired) electrons. The third kappa shape index (κ3) is 4.44. The lowest BCUT2D eigenvalue weighted by Crippen LogP contribution is -2.43. The third-order valence-electron chi connectivity index (χ3n) is 4.79. The molecule has 1 atom stereocenters. The van der Waals surface area contributed by atoms with E-state index < -0.39 is 0 Å². The summed E-state index contributed by atoms with van der Waals surface area (Å²) in [6, 6.07) is 14.5. The molecular weight excluding hydrogens is 350 g/mol. The minimum atomic E-state index is -0.147. The van der Waals surface area contributed by atoms with Crippen molar-refractivity contribution >= 4 is 23.3 Å². The number of carbonyl (C=O) groups excluding carboxylic acids is 2. The van der Waals surface area contributed by atoms with E-state index in [9.17, 15) is 9.59 Å². The van der Waals surface area contributed by atoms with E-state index in [1.165, 1.54) is 0 Å². The lowest BCUT2D eigenvalue weighted by atomic mass is 9.89. The highest BCUT2D eigenvalue weighted by molar-refractivity contribution is 6.30. The second-order valence-electron chi connectivity index (χ2n) is 6.57. The van der Waals surface area contributed by atoms with E-state index >= 15 is 0 Å². The van der Waals surface area contributed by atoms with Gasteiger partial charge in [0, 0.05) is 29.6 Å². The Morgan fingerprint density at radius 3 is 2.46 bits per heavy atom. The Kier molecular flexibility index (Phi) is 5.94. The van der Waals surface area contributed by atoms with Gasteiger partial charge in [0.2, 0.25) is 5.91 Å². The summed E-state index contributed by atoms with van der Waals surface area (Å²) in [6.07, 6.45) is 2.00. The number of amides is 1. The topological polar surface area (TPSA) is 46.6 Å². The molecule has 1 fully saturated rings. The van der Waals surface area contributed by atoms with Gasteiger partial charge in [-0.15, -0.1) is 0 Å². The van der Waals surface area contributed by atoms with Crippen LogP contribution in [0.25, 0.3) is 0 Å². The van der Waals surface area contributed by atoms with Crippen molar-refractivity contribution in [2.45, 2.75) is 19.3 Å². The number of rotatable bonds is 5. The molecule has 0 N–H and O–H groups in total. The zero-order valence-corrected chi connectivity index (χ0v) is 15.5. The van der Waals surface area contributed by atoms with Crippen molar-refractivity contribution in [2.75, 3.05) is 20.2 Å². The first-order valence-electron chi connectivity index (χ1n) is 8.77. The average Bonchev–Trinajstić information content (AvgIpc) is 2.69. The minimum absolute atomic E-state index is 0.0551. The average molecular weight is 372 g/mol. The van der Waals surface area contributed by atoms with E-state index in [2.05, 4.69) is 0 Å². The zero-order valence-electron chi connectivity index (χ0n) is 14.8. The van der Waals surface area contributed by atoms with Gasteiger partial charge in [-0.2, -0.15) is 0 Å². The van der Waals surface area contributed by atoms with Crippen LogP contribution in [0.5, 0.6) is 5.75 Å². The Bertz CT molecular complexity index is 771. The maximum Gasteiger partial charge on any atom is 0.227 e. The van der Waals surface area contributed by atoms with Gasteiger partial charge in [0.05, 0.1) is 13.5 Å². The summed E-state index contributed by atoms with van der Waals surface area (Å²) in [5, 5.41) is 0.657. The van der Waals surface area contributed by atoms with Crippen LogP contribution in [0.4, 0.5) is 0 Å². The molecule has 1 amide bonds. The van der Waals surface area contributed by atoms with Gasteiger partial charge in [-0.25, -0.2) is 0 Å². The van der Waals surface area contributed by atoms with Crippen LogP contribution in [0.3, 0.4) is 0 Å². The minimum Gasteiger partial charge on any atom is -0.497 e. The number of methoxy groups -OCH3 is 1. The first-order valence-corrected chi connectivity index (χ1v) is 9.15. The number of piperidine rings is 1. The van der Waals surface area contributed by atoms with Crippen LogP contribution >= 0.6 is 11.6 Å². The molecule has 0 aliphatic carbocycles. The number of hydrogen-bond acceptors (Lipinski definition) is 3. The normalized spacial score (nSPS) is 17.0. The molecule has 1 aliphatic heterocycles. The summed E-state index contributed by atoms with van der Waals surface area (Å²) in [5.41, 5.74) is 1.60. The fourth-order valence-electron chi connectivity index (χ4n) is 3.30. The third-order valence-corrected chi connectivity index (χ3v) is 5.04. The van der Waals surface area contributed by atoms with E-state index in [0.717, 1.165) is 24.2 Å². The highest BCUT2D eigenvalue weighted by atomic mass is 35.5. The molecule has 1 heterocycles. The Labute approximate surface area is 158 Å². The molecule has 4 nitrogen and oxygen atoms in total. The first-order chi connectivity index (χ1) is 12.6. The molecule has 3 rings (SSSR count). The quantitative estimate of drug-likeness (QED) is 0.746. The van der Waals surface area contributed by atoms with Gasteiger partial charge in [-0.3, -0.25) is 9.59 Å². The lowest BCUT2D eigenvalue weighted by Gasteiger charge is -2.32. The van der Waals surface area contributed by atoms with Crippen molar-refractivity contribution in [1.82, 2.24) is 4.90 Å². The van der Waals surface area contributed by atoms with Crippen molar-refractivity contribution in [3.63, 3.8) is 0 Å². The second-order valence-corrected chi connectivity index (χ2v) is 7.01. The van der Waals surface area contributed by atoms with Crippen molar-refractivity contribution in [3.8, 4) is 5.75 Å². The van der Waals surface area contributed by atoms with E-state index in [1.807, 2.05) is 17.0 Å². The number of nitrogens with zero attached hydrogens (tertiary/aromatic N) is 1. The molecule has 1 saturated heterocycles. The fraction of sp³-hybridized carbons (Fsp3) is 0.333. The van der Waals surface area contributed by atoms with Crippen molar-refractivity contribution in [2.24, 2.45) is 5.92 Å². The maximum absolute atomic E-state index is 12.8. The summed E-state index contributed by atoms with van der Waals surface area (Å²) < 4.78 is 5.13. The molecule has 1 unspecified atom stereocenters. The summed E-state index contributed by atoms with van der Waals surface area (Å²) in [7, 11) is 1.60. The number of ether oxygens (including phenoxy) is 1. The van der Waals surface area contributed by atoms with Gasteiger partial charge in [-0.1, -0.05) is 23.7 Å². The van der Waals surface area contributed by atoms with Gasteiger partial charge < -0.3 is 9.64 Å². The standard InChI is InChI=1S/C21H22ClNO3/c1-26-19-10-6-16(7-11-19)21(25)17-3-2-12-23(14-17)20(24)13-15-4-8-18(22)9-5-15/h4-11,17H,2-3,12-14H2,1H3. The number of hydrogen-bond donors (Lipinski definition) is 0. The van der Waals surface area contributed by atoms with Crippen molar-refractivity contribution in [3.05, 3.63) is 64.7 Å². The van der Waals surface area contributed by atoms with Crippen LogP contribution in [0.15, 0.2) is 48.5 Å². The van der Waals surface area contributed by atoms with E-state index in [0.29, 0.717) is 30.1 Å². The Balaban J connectivity index is 1.63. The predicted molar refractivity (Wildman–Crippen MR) is 102 cm³/mol. The number of benzene rings is 2. The molecule has 2 aromatic carbocycles. The second kappa shape index (κ2) is 8.37. The molecule has 0 bridgehead atoms. The maximum atomic E-state index is 12.8. The monoisotopic (exact) mass is 371 g/mol. The van der Waals surface area contributed by atoms with Crippen LogP contribution in [-0.4, -0.2) is 36.8 Å². The molecule has 2 aromatic rings. The molecule has 0 spiro atoms. The van der Waals surface area contributed by atoms with Crippen molar-refractivity contribution in [1.29, 1.82) is 0 Å². The Hall–Kier alpha value is -2.33. The van der Waals surface area contributed by atoms with Gasteiger partial charge in [0.25, 0.3) is 0 Å². The fourth-order valence-corrected chi connectivity index (χ4v) is 3.42. The van der Waals surface area contributed by atoms with Crippen LogP contribution in [-0.2, 0) is 11.2 Å². The predicted octanol–water partition coefficient (Wildman–Crippen LogP) is 4.01. The SMILES string of the molecule is COc1ccc(C(=O)C2CCCN(C(=O)Cc3ccc(Cl)cc3)C2)cc1. The number of likely N-dealkylation sites (tertiary alicyclic amines) is 1. The summed E-state index contributed by atoms with van der Waals surface area (Å²) in [6.45, 7) is 1.19. The van der Waals surface area contributed by atoms with E-state index in [4.69, 9.17) is 16.3 Å². The largest absolute Gasteiger partial charge is 0.497 e. The number of halogens is 1. The highest BCUT2D eigenvalue weighted by Crippen LogP contribution is 2.23. The molecular formula is C21H22ClNO3. The Morgan fingerprint density at radius 1 is 1.12 bits per heavy atom. The zero-order chi connectivity index (χ0) is 18.5. The van der Waals surface area contributed by atoms with Crippen LogP contribution in [0.1, 0.15) is 28.8 Å². The lowest BCUT2D eigenvalue weighted by molar-refractivity contribution is -0.131. The summed E-state index contributed by atoms with van der Waals surface area (Å²) in [5.74, 6) is 0.729. The van der Waals surface area contributed by atoms with Crippen molar-refractivity contribution < 1.29 is 14.3 Å². The molecule has 26 heavy (non-hydrogen) atoms. The molecule has 1 aliphatic rings. The Morgan fingerprint density at radius 2 is 1.81 bits per heavy atom. The molecule has 5 heteroatoms. The molecule has 0 aromatic heterocycles. The van der Waals surface area contributed by atoms with Crippen LogP contribution < -0.4 is 4.74 Å². The molecule has 0 saturated carbocycles. The molecule has 136 valence electrons. The number of carbonyl (C=O) groups is 2. The number of Topliss-reactive ketones (excluding diaryl/α,β-unsaturated/α-hetero) is 1. The summed E-state index contributed by atoms with van der Waals surface area (Å²) in [4.78, 5) is 27.2. The smallest absolute Gasteiger partial charge is 0.227 e. The van der Waals surface area contributed by atoms with Crippen LogP contribution in [0.2, 0.25) is 5.02 Å². The first kappa shape index (κ1) is 18.5. The van der Waals surface area contributed by atoms with Gasteiger partial charge in [0.15, 0.2) is 5.78 Å². The van der Waals surface area contributed by atoms with E-state index in [1.54, 1.807) is 43.5 Å². The highest BCUT2D eigenvalue weighted by Gasteiger charge is 2.29. The number of ketones is 1. The summed E-state index contributed by atoms with van der Waals surface area (Å²) >= 11 is 5.89. The van der Waals surface area contributed by atoms with Gasteiger partial charge in [-0.05, 0) is 54.8 Å². The van der Waals surface area contributed by atoms with E-state index in [-0.39, 0.29) is 17.6 Å². The van der Waals surface area contributed by atoms with Crippen LogP contribution in [0, 0.1) is 5.92 Å². The van der Waals surface area contributed by atoms with Gasteiger partial charge in [0.1, 0.15) is 5.75 Å². The van der Waals surface area contributed by atoms with Gasteiger partial charge >= 0.3 is 0 Å².